The predicted octanol–water partition coefficient (Wildman–Crippen LogP) is 4.74. The summed E-state index contributed by atoms with van der Waals surface area (Å²) < 4.78 is 12.5. The molecule has 2 saturated heterocycles. The van der Waals surface area contributed by atoms with Gasteiger partial charge in [-0.2, -0.15) is 20.1 Å². The molecule has 2 aliphatic rings. The SMILES string of the molecule is Brc1ccc(OCCOc2ccc(/C=N\Nc3nc(N4CCCC4)nc(N4CCCC4)n3)cc2)cc1. The summed E-state index contributed by atoms with van der Waals surface area (Å²) in [4.78, 5) is 18.4. The summed E-state index contributed by atoms with van der Waals surface area (Å²) in [6.07, 6.45) is 6.43. The van der Waals surface area contributed by atoms with E-state index >= 15 is 0 Å². The van der Waals surface area contributed by atoms with E-state index in [2.05, 4.69) is 46.2 Å². The van der Waals surface area contributed by atoms with E-state index in [1.165, 1.54) is 25.7 Å². The van der Waals surface area contributed by atoms with E-state index < -0.39 is 0 Å². The lowest BCUT2D eigenvalue weighted by molar-refractivity contribution is 0.217. The molecule has 0 radical (unpaired) electrons. The highest BCUT2D eigenvalue weighted by Crippen LogP contribution is 2.23. The molecule has 0 spiro atoms. The molecule has 2 aliphatic heterocycles. The third kappa shape index (κ3) is 6.63. The first kappa shape index (κ1) is 24.3. The number of benzene rings is 2. The second-order valence-corrected chi connectivity index (χ2v) is 9.65. The first-order valence-electron chi connectivity index (χ1n) is 12.4. The van der Waals surface area contributed by atoms with Crippen LogP contribution >= 0.6 is 15.9 Å². The standard InChI is InChI=1S/C26H30BrN7O2/c27-21-7-11-23(12-8-21)36-18-17-35-22-9-5-20(6-10-22)19-28-32-24-29-25(33-13-1-2-14-33)31-26(30-24)34-15-3-4-16-34/h5-12,19H,1-4,13-18H2,(H,29,30,31,32)/b28-19-. The zero-order valence-electron chi connectivity index (χ0n) is 20.1. The lowest BCUT2D eigenvalue weighted by Gasteiger charge is -2.20. The van der Waals surface area contributed by atoms with E-state index in [9.17, 15) is 0 Å². The molecule has 0 bridgehead atoms. The number of nitrogens with one attached hydrogen (secondary N) is 1. The Kier molecular flexibility index (Phi) is 8.12. The van der Waals surface area contributed by atoms with Crippen molar-refractivity contribution in [2.75, 3.05) is 54.6 Å². The van der Waals surface area contributed by atoms with E-state index in [-0.39, 0.29) is 0 Å². The van der Waals surface area contributed by atoms with Crippen molar-refractivity contribution in [3.05, 3.63) is 58.6 Å². The molecule has 0 atom stereocenters. The second-order valence-electron chi connectivity index (χ2n) is 8.74. The fourth-order valence-electron chi connectivity index (χ4n) is 4.19. The Morgan fingerprint density at radius 1 is 0.750 bits per heavy atom. The van der Waals surface area contributed by atoms with Crippen LogP contribution in [-0.2, 0) is 0 Å². The minimum absolute atomic E-state index is 0.461. The van der Waals surface area contributed by atoms with Gasteiger partial charge in [-0.3, -0.25) is 0 Å². The van der Waals surface area contributed by atoms with Crippen molar-refractivity contribution in [3.8, 4) is 11.5 Å². The fourth-order valence-corrected chi connectivity index (χ4v) is 4.45. The molecule has 9 nitrogen and oxygen atoms in total. The van der Waals surface area contributed by atoms with Crippen molar-refractivity contribution in [2.24, 2.45) is 5.10 Å². The lowest BCUT2D eigenvalue weighted by Crippen LogP contribution is -2.25. The maximum Gasteiger partial charge on any atom is 0.250 e. The predicted molar refractivity (Wildman–Crippen MR) is 146 cm³/mol. The molecular weight excluding hydrogens is 522 g/mol. The smallest absolute Gasteiger partial charge is 0.250 e. The molecule has 1 aromatic heterocycles. The van der Waals surface area contributed by atoms with E-state index in [0.717, 1.165) is 59.6 Å². The Labute approximate surface area is 219 Å². The maximum absolute atomic E-state index is 5.77. The molecule has 1 N–H and O–H groups in total. The van der Waals surface area contributed by atoms with Crippen molar-refractivity contribution in [2.45, 2.75) is 25.7 Å². The quantitative estimate of drug-likeness (QED) is 0.219. The van der Waals surface area contributed by atoms with Gasteiger partial charge >= 0.3 is 0 Å². The molecule has 0 unspecified atom stereocenters. The summed E-state index contributed by atoms with van der Waals surface area (Å²) in [5.74, 6) is 3.53. The summed E-state index contributed by atoms with van der Waals surface area (Å²) >= 11 is 3.42. The minimum atomic E-state index is 0.461. The minimum Gasteiger partial charge on any atom is -0.490 e. The van der Waals surface area contributed by atoms with Crippen molar-refractivity contribution >= 4 is 40.0 Å². The molecule has 0 saturated carbocycles. The first-order valence-corrected chi connectivity index (χ1v) is 13.2. The number of ether oxygens (including phenoxy) is 2. The average molecular weight is 552 g/mol. The summed E-state index contributed by atoms with van der Waals surface area (Å²) in [6, 6.07) is 15.5. The third-order valence-corrected chi connectivity index (χ3v) is 6.61. The molecule has 3 heterocycles. The van der Waals surface area contributed by atoms with Crippen LogP contribution in [0.3, 0.4) is 0 Å². The number of nitrogens with zero attached hydrogens (tertiary/aromatic N) is 6. The number of rotatable bonds is 10. The Balaban J connectivity index is 1.14. The third-order valence-electron chi connectivity index (χ3n) is 6.08. The highest BCUT2D eigenvalue weighted by molar-refractivity contribution is 9.10. The van der Waals surface area contributed by atoms with Gasteiger partial charge in [-0.15, -0.1) is 0 Å². The molecule has 10 heteroatoms. The molecule has 188 valence electrons. The first-order chi connectivity index (χ1) is 17.7. The molecule has 0 aliphatic carbocycles. The van der Waals surface area contributed by atoms with E-state index in [4.69, 9.17) is 14.5 Å². The highest BCUT2D eigenvalue weighted by atomic mass is 79.9. The maximum atomic E-state index is 5.77. The van der Waals surface area contributed by atoms with Crippen LogP contribution in [0.1, 0.15) is 31.2 Å². The summed E-state index contributed by atoms with van der Waals surface area (Å²) in [7, 11) is 0. The fraction of sp³-hybridized carbons (Fsp3) is 0.385. The van der Waals surface area contributed by atoms with E-state index in [1.54, 1.807) is 6.21 Å². The molecule has 2 aromatic carbocycles. The summed E-state index contributed by atoms with van der Waals surface area (Å²) in [5, 5.41) is 4.36. The van der Waals surface area contributed by atoms with Crippen molar-refractivity contribution in [1.29, 1.82) is 0 Å². The van der Waals surface area contributed by atoms with Crippen molar-refractivity contribution in [1.82, 2.24) is 15.0 Å². The Hall–Kier alpha value is -3.40. The van der Waals surface area contributed by atoms with Crippen LogP contribution in [0.4, 0.5) is 17.8 Å². The number of aromatic nitrogens is 3. The Morgan fingerprint density at radius 2 is 1.25 bits per heavy atom. The zero-order chi connectivity index (χ0) is 24.6. The van der Waals surface area contributed by atoms with Crippen LogP contribution in [0.15, 0.2) is 58.1 Å². The van der Waals surface area contributed by atoms with Crippen molar-refractivity contribution < 1.29 is 9.47 Å². The van der Waals surface area contributed by atoms with Gasteiger partial charge < -0.3 is 19.3 Å². The van der Waals surface area contributed by atoms with Crippen molar-refractivity contribution in [3.63, 3.8) is 0 Å². The largest absolute Gasteiger partial charge is 0.490 e. The lowest BCUT2D eigenvalue weighted by atomic mass is 10.2. The molecular formula is C26H30BrN7O2. The van der Waals surface area contributed by atoms with Gasteiger partial charge in [-0.05, 0) is 79.8 Å². The number of halogens is 1. The van der Waals surface area contributed by atoms with Crippen LogP contribution < -0.4 is 24.7 Å². The highest BCUT2D eigenvalue weighted by Gasteiger charge is 2.21. The number of hydrogen-bond acceptors (Lipinski definition) is 9. The molecule has 2 fully saturated rings. The summed E-state index contributed by atoms with van der Waals surface area (Å²) in [5.41, 5.74) is 3.94. The van der Waals surface area contributed by atoms with Gasteiger partial charge in [0.15, 0.2) is 0 Å². The molecule has 36 heavy (non-hydrogen) atoms. The second kappa shape index (κ2) is 12.0. The van der Waals surface area contributed by atoms with E-state index in [0.29, 0.717) is 19.2 Å². The normalized spacial score (nSPS) is 15.6. The number of hydrazone groups is 1. The molecule has 5 rings (SSSR count). The van der Waals surface area contributed by atoms with Crippen LogP contribution in [0.2, 0.25) is 0 Å². The van der Waals surface area contributed by atoms with Crippen LogP contribution in [0.5, 0.6) is 11.5 Å². The van der Waals surface area contributed by atoms with Crippen LogP contribution in [0, 0.1) is 0 Å². The topological polar surface area (TPSA) is 88.0 Å². The van der Waals surface area contributed by atoms with Gasteiger partial charge in [0, 0.05) is 30.7 Å². The van der Waals surface area contributed by atoms with Gasteiger partial charge in [-0.1, -0.05) is 15.9 Å². The van der Waals surface area contributed by atoms with Gasteiger partial charge in [0.2, 0.25) is 17.8 Å². The summed E-state index contributed by atoms with van der Waals surface area (Å²) in [6.45, 7) is 4.87. The Bertz CT molecular complexity index is 1110. The van der Waals surface area contributed by atoms with Gasteiger partial charge in [0.25, 0.3) is 0 Å². The van der Waals surface area contributed by atoms with E-state index in [1.807, 2.05) is 48.5 Å². The molecule has 3 aromatic rings. The number of hydrogen-bond donors (Lipinski definition) is 1. The van der Waals surface area contributed by atoms with Gasteiger partial charge in [0.05, 0.1) is 6.21 Å². The molecule has 0 amide bonds. The average Bonchev–Trinajstić information content (AvgIpc) is 3.64. The monoisotopic (exact) mass is 551 g/mol. The Morgan fingerprint density at radius 3 is 1.78 bits per heavy atom. The van der Waals surface area contributed by atoms with Gasteiger partial charge in [0.1, 0.15) is 24.7 Å². The van der Waals surface area contributed by atoms with Crippen LogP contribution in [0.25, 0.3) is 0 Å². The number of anilines is 3. The van der Waals surface area contributed by atoms with Gasteiger partial charge in [-0.25, -0.2) is 5.43 Å². The van der Waals surface area contributed by atoms with Crippen LogP contribution in [-0.4, -0.2) is 60.6 Å². The zero-order valence-corrected chi connectivity index (χ0v) is 21.7.